The van der Waals surface area contributed by atoms with Crippen molar-refractivity contribution in [2.45, 2.75) is 11.7 Å². The first-order valence-corrected chi connectivity index (χ1v) is 8.07. The van der Waals surface area contributed by atoms with Gasteiger partial charge in [0.15, 0.2) is 22.9 Å². The average Bonchev–Trinajstić information content (AvgIpc) is 2.87. The minimum absolute atomic E-state index is 0.381. The lowest BCUT2D eigenvalue weighted by molar-refractivity contribution is -0.137. The number of hydrogen-bond acceptors (Lipinski definition) is 4. The molecule has 2 N–H and O–H groups in total. The van der Waals surface area contributed by atoms with Crippen LogP contribution in [0.4, 0.5) is 32.2 Å². The Morgan fingerprint density at radius 2 is 1.65 bits per heavy atom. The molecule has 2 rings (SSSR count). The Hall–Kier alpha value is -1.81. The molecule has 2 aromatic rings. The van der Waals surface area contributed by atoms with Crippen molar-refractivity contribution in [1.29, 1.82) is 5.26 Å². The van der Waals surface area contributed by atoms with Gasteiger partial charge in [-0.1, -0.05) is 23.2 Å². The molecule has 14 heteroatoms. The number of nitrogens with zero attached hydrogens (tertiary/aromatic N) is 2. The highest BCUT2D eigenvalue weighted by Gasteiger charge is 2.47. The number of halogens is 8. The van der Waals surface area contributed by atoms with E-state index in [1.54, 1.807) is 4.72 Å². The van der Waals surface area contributed by atoms with Gasteiger partial charge >= 0.3 is 11.7 Å². The summed E-state index contributed by atoms with van der Waals surface area (Å²) in [6.07, 6.45) is -4.78. The van der Waals surface area contributed by atoms with Gasteiger partial charge in [0.05, 0.1) is 21.2 Å². The smallest absolute Gasteiger partial charge is 0.586 e. The SMILES string of the molecule is N#Cc1n[nH]c(N[S+]([O-])C(F)(F)F)c1-c1c(Cl)cc(C(F)(F)F)cc1Cl. The van der Waals surface area contributed by atoms with E-state index in [1.807, 2.05) is 5.10 Å². The molecule has 140 valence electrons. The average molecular weight is 437 g/mol. The molecule has 0 aliphatic rings. The Morgan fingerprint density at radius 1 is 1.12 bits per heavy atom. The lowest BCUT2D eigenvalue weighted by atomic mass is 10.0. The summed E-state index contributed by atoms with van der Waals surface area (Å²) >= 11 is 8.01. The van der Waals surface area contributed by atoms with Crippen molar-refractivity contribution in [2.75, 3.05) is 4.72 Å². The topological polar surface area (TPSA) is 87.6 Å². The van der Waals surface area contributed by atoms with Gasteiger partial charge in [-0.25, -0.2) is 0 Å². The molecule has 5 nitrogen and oxygen atoms in total. The van der Waals surface area contributed by atoms with Gasteiger partial charge in [0, 0.05) is 5.56 Å². The third kappa shape index (κ3) is 4.12. The zero-order valence-electron chi connectivity index (χ0n) is 11.9. The van der Waals surface area contributed by atoms with Crippen LogP contribution in [0.15, 0.2) is 12.1 Å². The van der Waals surface area contributed by atoms with E-state index in [4.69, 9.17) is 28.5 Å². The lowest BCUT2D eigenvalue weighted by Crippen LogP contribution is -2.30. The van der Waals surface area contributed by atoms with Crippen molar-refractivity contribution in [3.63, 3.8) is 0 Å². The minimum atomic E-state index is -5.15. The van der Waals surface area contributed by atoms with Gasteiger partial charge in [-0.15, -0.1) is 13.2 Å². The standard InChI is InChI=1S/C12H4Cl2F6N4OS/c13-5-1-4(11(15,16)17)2-6(14)8(5)9-7(3-21)22-23-10(9)24-26(25)12(18,19)20/h1-2H,(H2,22,23,24). The van der Waals surface area contributed by atoms with E-state index in [-0.39, 0.29) is 5.56 Å². The second kappa shape index (κ2) is 7.07. The van der Waals surface area contributed by atoms with Crippen LogP contribution in [0.25, 0.3) is 11.1 Å². The molecule has 1 atom stereocenters. The van der Waals surface area contributed by atoms with E-state index in [9.17, 15) is 30.9 Å². The third-order valence-corrected chi connectivity index (χ3v) is 4.30. The van der Waals surface area contributed by atoms with Crippen LogP contribution in [0, 0.1) is 11.3 Å². The molecule has 0 radical (unpaired) electrons. The van der Waals surface area contributed by atoms with Crippen molar-refractivity contribution in [2.24, 2.45) is 0 Å². The fourth-order valence-corrected chi connectivity index (χ4v) is 2.99. The van der Waals surface area contributed by atoms with Crippen LogP contribution in [0.1, 0.15) is 11.3 Å². The lowest BCUT2D eigenvalue weighted by Gasteiger charge is -2.15. The third-order valence-electron chi connectivity index (χ3n) is 2.90. The predicted molar refractivity (Wildman–Crippen MR) is 81.6 cm³/mol. The fourth-order valence-electron chi connectivity index (χ4n) is 1.87. The minimum Gasteiger partial charge on any atom is -0.586 e. The molecule has 1 aromatic carbocycles. The number of nitriles is 1. The summed E-state index contributed by atoms with van der Waals surface area (Å²) in [5, 5.41) is 13.3. The van der Waals surface area contributed by atoms with Crippen LogP contribution in [-0.4, -0.2) is 20.3 Å². The van der Waals surface area contributed by atoms with Crippen molar-refractivity contribution in [3.05, 3.63) is 33.4 Å². The zero-order chi connectivity index (χ0) is 19.9. The monoisotopic (exact) mass is 436 g/mol. The summed E-state index contributed by atoms with van der Waals surface area (Å²) in [5.41, 5.74) is -7.70. The predicted octanol–water partition coefficient (Wildman–Crippen LogP) is 4.87. The molecule has 1 unspecified atom stereocenters. The molecule has 0 aliphatic heterocycles. The van der Waals surface area contributed by atoms with Crippen LogP contribution < -0.4 is 4.72 Å². The number of nitrogens with one attached hydrogen (secondary N) is 2. The fraction of sp³-hybridized carbons (Fsp3) is 0.167. The number of aromatic nitrogens is 2. The number of rotatable bonds is 3. The highest BCUT2D eigenvalue weighted by Crippen LogP contribution is 2.44. The van der Waals surface area contributed by atoms with Crippen LogP contribution >= 0.6 is 23.2 Å². The largest absolute Gasteiger partial charge is 0.598 e. The second-order valence-electron chi connectivity index (χ2n) is 4.56. The van der Waals surface area contributed by atoms with Gasteiger partial charge in [-0.2, -0.15) is 28.3 Å². The van der Waals surface area contributed by atoms with Crippen LogP contribution in [0.2, 0.25) is 10.0 Å². The van der Waals surface area contributed by atoms with Crippen LogP contribution in [-0.2, 0) is 17.5 Å². The highest BCUT2D eigenvalue weighted by atomic mass is 35.5. The highest BCUT2D eigenvalue weighted by molar-refractivity contribution is 7.93. The van der Waals surface area contributed by atoms with Crippen molar-refractivity contribution in [3.8, 4) is 17.2 Å². The van der Waals surface area contributed by atoms with Gasteiger partial charge < -0.3 is 4.55 Å². The Balaban J connectivity index is 2.62. The quantitative estimate of drug-likeness (QED) is 0.530. The van der Waals surface area contributed by atoms with Crippen molar-refractivity contribution < 1.29 is 30.9 Å². The molecule has 0 aliphatic carbocycles. The molecule has 1 aromatic heterocycles. The normalized spacial score (nSPS) is 13.4. The van der Waals surface area contributed by atoms with Gasteiger partial charge in [-0.3, -0.25) is 5.10 Å². The maximum Gasteiger partial charge on any atom is 0.598 e. The summed E-state index contributed by atoms with van der Waals surface area (Å²) in [6.45, 7) is 0. The maximum absolute atomic E-state index is 12.8. The van der Waals surface area contributed by atoms with Gasteiger partial charge in [-0.05, 0) is 12.1 Å². The van der Waals surface area contributed by atoms with Crippen LogP contribution in [0.5, 0.6) is 0 Å². The summed E-state index contributed by atoms with van der Waals surface area (Å²) in [5.74, 6) is -0.652. The van der Waals surface area contributed by atoms with E-state index in [1.165, 1.54) is 6.07 Å². The van der Waals surface area contributed by atoms with Gasteiger partial charge in [0.2, 0.25) is 0 Å². The molecular formula is C12H4Cl2F6N4OS. The van der Waals surface area contributed by atoms with E-state index >= 15 is 0 Å². The van der Waals surface area contributed by atoms with E-state index in [2.05, 4.69) is 5.10 Å². The molecule has 0 spiro atoms. The molecule has 0 saturated heterocycles. The molecule has 0 saturated carbocycles. The van der Waals surface area contributed by atoms with Crippen molar-refractivity contribution in [1.82, 2.24) is 10.2 Å². The molecule has 26 heavy (non-hydrogen) atoms. The van der Waals surface area contributed by atoms with Gasteiger partial charge in [0.25, 0.3) is 0 Å². The van der Waals surface area contributed by atoms with E-state index < -0.39 is 55.7 Å². The second-order valence-corrected chi connectivity index (χ2v) is 6.58. The Bertz CT molecular complexity index is 853. The number of alkyl halides is 6. The molecular weight excluding hydrogens is 433 g/mol. The van der Waals surface area contributed by atoms with E-state index in [0.717, 1.165) is 0 Å². The summed E-state index contributed by atoms with van der Waals surface area (Å²) < 4.78 is 88.5. The van der Waals surface area contributed by atoms with Crippen molar-refractivity contribution >= 4 is 40.4 Å². The zero-order valence-corrected chi connectivity index (χ0v) is 14.2. The Labute approximate surface area is 154 Å². The molecule has 0 bridgehead atoms. The number of anilines is 1. The number of H-pyrrole nitrogens is 1. The Morgan fingerprint density at radius 3 is 2.08 bits per heavy atom. The first-order chi connectivity index (χ1) is 11.9. The number of benzene rings is 1. The maximum atomic E-state index is 12.8. The summed E-state index contributed by atoms with van der Waals surface area (Å²) in [6, 6.07) is 2.50. The first-order valence-electron chi connectivity index (χ1n) is 6.16. The first kappa shape index (κ1) is 20.5. The summed E-state index contributed by atoms with van der Waals surface area (Å²) in [4.78, 5) is 0. The molecule has 1 heterocycles. The van der Waals surface area contributed by atoms with E-state index in [0.29, 0.717) is 12.1 Å². The Kier molecular flexibility index (Phi) is 5.57. The number of hydrogen-bond donors (Lipinski definition) is 2. The van der Waals surface area contributed by atoms with Gasteiger partial charge in [0.1, 0.15) is 6.07 Å². The van der Waals surface area contributed by atoms with Crippen LogP contribution in [0.3, 0.4) is 0 Å². The summed E-state index contributed by atoms with van der Waals surface area (Å²) in [7, 11) is 0. The molecule has 0 fully saturated rings. The molecule has 0 amide bonds. The number of aromatic amines is 1.